The lowest BCUT2D eigenvalue weighted by Gasteiger charge is -2.30. The van der Waals surface area contributed by atoms with Crippen molar-refractivity contribution in [2.75, 3.05) is 13.2 Å². The third-order valence-electron chi connectivity index (χ3n) is 3.58. The van der Waals surface area contributed by atoms with Crippen LogP contribution in [0.5, 0.6) is 0 Å². The Hall–Kier alpha value is -0.890. The molecular weight excluding hydrogens is 271 g/mol. The number of hydrogen-bond acceptors (Lipinski definition) is 2. The van der Waals surface area contributed by atoms with Gasteiger partial charge < -0.3 is 10.2 Å². The van der Waals surface area contributed by atoms with Crippen LogP contribution in [0.4, 0.5) is 4.79 Å². The number of hydrogen-bond donors (Lipinski definition) is 1. The standard InChI is InChI=1S/C13H25N2O2P.C2H4/c1-5-10-7-6-8-15(10)12(16)11(9(2)3)14-13(17)18-4;1-2/h9-11,18H,5-8H2,1-4H3,(H,14,17);1-2H2/t10-,11+;/m1./s1. The van der Waals surface area contributed by atoms with E-state index in [1.807, 2.05) is 25.4 Å². The molecule has 1 N–H and O–H groups in total. The van der Waals surface area contributed by atoms with Crippen molar-refractivity contribution in [1.29, 1.82) is 0 Å². The Bertz CT molecular complexity index is 321. The average Bonchev–Trinajstić information content (AvgIpc) is 2.93. The lowest BCUT2D eigenvalue weighted by Crippen LogP contribution is -2.51. The number of carbonyl (C=O) groups excluding carboxylic acids is 2. The molecule has 0 spiro atoms. The third kappa shape index (κ3) is 5.24. The SMILES string of the molecule is C=C.CC[C@@H]1CCCN1C(=O)[C@@H](NC(=O)PC)C(C)C. The number of amides is 2. The van der Waals surface area contributed by atoms with Gasteiger partial charge in [-0.3, -0.25) is 9.59 Å². The molecule has 3 atom stereocenters. The van der Waals surface area contributed by atoms with Crippen LogP contribution in [-0.2, 0) is 4.79 Å². The van der Waals surface area contributed by atoms with E-state index >= 15 is 0 Å². The number of likely N-dealkylation sites (tertiary alicyclic amines) is 1. The van der Waals surface area contributed by atoms with Gasteiger partial charge in [0.25, 0.3) is 0 Å². The maximum Gasteiger partial charge on any atom is 0.245 e. The van der Waals surface area contributed by atoms with E-state index in [4.69, 9.17) is 0 Å². The van der Waals surface area contributed by atoms with Crippen molar-refractivity contribution in [3.05, 3.63) is 13.2 Å². The molecule has 0 aromatic carbocycles. The zero-order valence-corrected chi connectivity index (χ0v) is 14.2. The molecule has 1 aliphatic heterocycles. The molecule has 0 radical (unpaired) electrons. The second-order valence-electron chi connectivity index (χ2n) is 5.18. The van der Waals surface area contributed by atoms with Crippen LogP contribution in [0.2, 0.25) is 0 Å². The van der Waals surface area contributed by atoms with Crippen LogP contribution in [-0.4, -0.2) is 41.7 Å². The molecule has 0 aliphatic carbocycles. The van der Waals surface area contributed by atoms with E-state index in [0.717, 1.165) is 25.8 Å². The first-order valence-electron chi connectivity index (χ1n) is 7.30. The summed E-state index contributed by atoms with van der Waals surface area (Å²) in [5.41, 5.74) is -0.0192. The maximum atomic E-state index is 12.5. The molecule has 1 unspecified atom stereocenters. The normalized spacial score (nSPS) is 19.9. The van der Waals surface area contributed by atoms with Crippen LogP contribution < -0.4 is 5.32 Å². The molecule has 2 amide bonds. The molecule has 0 aromatic rings. The Morgan fingerprint density at radius 1 is 1.40 bits per heavy atom. The summed E-state index contributed by atoms with van der Waals surface area (Å²) in [6.07, 6.45) is 3.18. The molecule has 1 fully saturated rings. The number of nitrogens with one attached hydrogen (secondary N) is 1. The molecule has 1 aliphatic rings. The minimum atomic E-state index is -0.364. The van der Waals surface area contributed by atoms with Gasteiger partial charge in [0.15, 0.2) is 0 Å². The quantitative estimate of drug-likeness (QED) is 0.626. The summed E-state index contributed by atoms with van der Waals surface area (Å²) < 4.78 is 0. The van der Waals surface area contributed by atoms with Gasteiger partial charge in [-0.25, -0.2) is 0 Å². The van der Waals surface area contributed by atoms with Crippen LogP contribution in [0, 0.1) is 5.92 Å². The molecule has 20 heavy (non-hydrogen) atoms. The molecule has 1 rings (SSSR count). The fourth-order valence-corrected chi connectivity index (χ4v) is 2.76. The first-order chi connectivity index (χ1) is 9.51. The van der Waals surface area contributed by atoms with Crippen LogP contribution in [0.25, 0.3) is 0 Å². The molecule has 5 heteroatoms. The Labute approximate surface area is 125 Å². The van der Waals surface area contributed by atoms with Crippen molar-refractivity contribution in [3.63, 3.8) is 0 Å². The summed E-state index contributed by atoms with van der Waals surface area (Å²) >= 11 is 0. The zero-order chi connectivity index (χ0) is 15.7. The number of carbonyl (C=O) groups is 2. The smallest absolute Gasteiger partial charge is 0.245 e. The van der Waals surface area contributed by atoms with Gasteiger partial charge in [-0.05, 0) is 40.4 Å². The van der Waals surface area contributed by atoms with E-state index in [1.165, 1.54) is 0 Å². The zero-order valence-electron chi connectivity index (χ0n) is 13.2. The lowest BCUT2D eigenvalue weighted by atomic mass is 10.0. The van der Waals surface area contributed by atoms with Crippen LogP contribution in [0.3, 0.4) is 0 Å². The number of nitrogens with zero attached hydrogens (tertiary/aromatic N) is 1. The second-order valence-corrected chi connectivity index (χ2v) is 6.14. The Morgan fingerprint density at radius 3 is 2.45 bits per heavy atom. The van der Waals surface area contributed by atoms with E-state index in [1.54, 1.807) is 0 Å². The van der Waals surface area contributed by atoms with Gasteiger partial charge >= 0.3 is 0 Å². The van der Waals surface area contributed by atoms with Gasteiger partial charge in [-0.2, -0.15) is 0 Å². The largest absolute Gasteiger partial charge is 0.341 e. The highest BCUT2D eigenvalue weighted by Gasteiger charge is 2.34. The molecule has 116 valence electrons. The highest BCUT2D eigenvalue weighted by molar-refractivity contribution is 7.56. The van der Waals surface area contributed by atoms with Crippen molar-refractivity contribution in [1.82, 2.24) is 10.2 Å². The highest BCUT2D eigenvalue weighted by Crippen LogP contribution is 2.22. The van der Waals surface area contributed by atoms with Crippen molar-refractivity contribution in [2.24, 2.45) is 5.92 Å². The fraction of sp³-hybridized carbons (Fsp3) is 0.733. The Morgan fingerprint density at radius 2 is 2.00 bits per heavy atom. The van der Waals surface area contributed by atoms with E-state index in [2.05, 4.69) is 25.4 Å². The van der Waals surface area contributed by atoms with Gasteiger partial charge in [0.2, 0.25) is 11.6 Å². The minimum absolute atomic E-state index is 0.0192. The first kappa shape index (κ1) is 19.1. The summed E-state index contributed by atoms with van der Waals surface area (Å²) in [6, 6.07) is -0.00294. The van der Waals surface area contributed by atoms with E-state index in [9.17, 15) is 9.59 Å². The molecule has 1 heterocycles. The average molecular weight is 300 g/mol. The van der Waals surface area contributed by atoms with Crippen LogP contribution in [0.1, 0.15) is 40.0 Å². The molecular formula is C15H29N2O2P. The van der Waals surface area contributed by atoms with Crippen molar-refractivity contribution in [3.8, 4) is 0 Å². The molecule has 0 bridgehead atoms. The summed E-state index contributed by atoms with van der Waals surface area (Å²) in [5.74, 6) is 0.233. The Kier molecular flexibility index (Phi) is 9.49. The third-order valence-corrected chi connectivity index (χ3v) is 4.18. The van der Waals surface area contributed by atoms with E-state index in [0.29, 0.717) is 6.04 Å². The number of rotatable bonds is 5. The van der Waals surface area contributed by atoms with Crippen molar-refractivity contribution in [2.45, 2.75) is 52.1 Å². The Balaban J connectivity index is 0.00000172. The highest BCUT2D eigenvalue weighted by atomic mass is 31.1. The maximum absolute atomic E-state index is 12.5. The van der Waals surface area contributed by atoms with Gasteiger partial charge in [0.1, 0.15) is 6.04 Å². The minimum Gasteiger partial charge on any atom is -0.341 e. The van der Waals surface area contributed by atoms with Gasteiger partial charge in [0, 0.05) is 12.6 Å². The van der Waals surface area contributed by atoms with Crippen molar-refractivity contribution >= 4 is 20.1 Å². The molecule has 0 aromatic heterocycles. The van der Waals surface area contributed by atoms with Crippen molar-refractivity contribution < 1.29 is 9.59 Å². The van der Waals surface area contributed by atoms with E-state index < -0.39 is 0 Å². The summed E-state index contributed by atoms with van der Waals surface area (Å²) in [5, 5.41) is 2.87. The van der Waals surface area contributed by atoms with Crippen LogP contribution in [0.15, 0.2) is 13.2 Å². The predicted molar refractivity (Wildman–Crippen MR) is 87.7 cm³/mol. The van der Waals surface area contributed by atoms with Gasteiger partial charge in [0.05, 0.1) is 0 Å². The molecule has 1 saturated heterocycles. The lowest BCUT2D eigenvalue weighted by molar-refractivity contribution is -0.135. The first-order valence-corrected chi connectivity index (χ1v) is 8.80. The second kappa shape index (κ2) is 9.93. The monoisotopic (exact) mass is 300 g/mol. The summed E-state index contributed by atoms with van der Waals surface area (Å²) in [7, 11) is 0.194. The van der Waals surface area contributed by atoms with E-state index in [-0.39, 0.29) is 32.1 Å². The summed E-state index contributed by atoms with van der Waals surface area (Å²) in [6.45, 7) is 14.8. The fourth-order valence-electron chi connectivity index (χ4n) is 2.46. The predicted octanol–water partition coefficient (Wildman–Crippen LogP) is 3.23. The summed E-state index contributed by atoms with van der Waals surface area (Å²) in [4.78, 5) is 26.0. The molecule has 4 nitrogen and oxygen atoms in total. The van der Waals surface area contributed by atoms with Gasteiger partial charge in [-0.15, -0.1) is 13.2 Å². The topological polar surface area (TPSA) is 49.4 Å². The van der Waals surface area contributed by atoms with Gasteiger partial charge in [-0.1, -0.05) is 20.8 Å². The molecule has 0 saturated carbocycles. The van der Waals surface area contributed by atoms with Crippen LogP contribution >= 0.6 is 8.58 Å².